The number of nitrogens with zero attached hydrogens (tertiary/aromatic N) is 1. The first-order valence-electron chi connectivity index (χ1n) is 6.46. The number of carbonyl (C=O) groups excluding carboxylic acids is 1. The third-order valence-corrected chi connectivity index (χ3v) is 2.76. The van der Waals surface area contributed by atoms with Gasteiger partial charge < -0.3 is 10.2 Å². The first kappa shape index (κ1) is 15.8. The van der Waals surface area contributed by atoms with Gasteiger partial charge in [0.05, 0.1) is 0 Å². The lowest BCUT2D eigenvalue weighted by Gasteiger charge is -2.34. The summed E-state index contributed by atoms with van der Waals surface area (Å²) in [7, 11) is 1.97. The second-order valence-corrected chi connectivity index (χ2v) is 4.01. The van der Waals surface area contributed by atoms with Crippen LogP contribution in [-0.4, -0.2) is 30.4 Å². The molecule has 0 aliphatic carbocycles. The van der Waals surface area contributed by atoms with E-state index in [0.29, 0.717) is 6.04 Å². The Bertz CT molecular complexity index is 305. The molecule has 1 atom stereocenters. The number of piperazine rings is 1. The van der Waals surface area contributed by atoms with Crippen molar-refractivity contribution in [3.8, 4) is 0 Å². The molecule has 1 aliphatic rings. The summed E-state index contributed by atoms with van der Waals surface area (Å²) in [6.07, 6.45) is 5.08. The summed E-state index contributed by atoms with van der Waals surface area (Å²) in [5.41, 5.74) is 1.82. The van der Waals surface area contributed by atoms with Crippen LogP contribution in [0.3, 0.4) is 0 Å². The lowest BCUT2D eigenvalue weighted by molar-refractivity contribution is -0.121. The van der Waals surface area contributed by atoms with Gasteiger partial charge in [0.2, 0.25) is 0 Å². The van der Waals surface area contributed by atoms with E-state index in [1.165, 1.54) is 0 Å². The van der Waals surface area contributed by atoms with Crippen molar-refractivity contribution in [1.82, 2.24) is 10.2 Å². The Labute approximate surface area is 106 Å². The maximum absolute atomic E-state index is 11.7. The Balaban J connectivity index is 0.00000121. The Hall–Kier alpha value is -1.25. The zero-order valence-electron chi connectivity index (χ0n) is 12.0. The van der Waals surface area contributed by atoms with Crippen LogP contribution in [0.2, 0.25) is 0 Å². The van der Waals surface area contributed by atoms with Gasteiger partial charge in [0, 0.05) is 19.6 Å². The van der Waals surface area contributed by atoms with Crippen molar-refractivity contribution >= 4 is 5.91 Å². The molecule has 0 radical (unpaired) electrons. The predicted molar refractivity (Wildman–Crippen MR) is 73.7 cm³/mol. The van der Waals surface area contributed by atoms with E-state index < -0.39 is 0 Å². The maximum atomic E-state index is 11.7. The Morgan fingerprint density at radius 1 is 1.53 bits per heavy atom. The summed E-state index contributed by atoms with van der Waals surface area (Å²) in [4.78, 5) is 13.8. The second kappa shape index (κ2) is 7.93. The van der Waals surface area contributed by atoms with E-state index in [4.69, 9.17) is 0 Å². The van der Waals surface area contributed by atoms with Gasteiger partial charge in [-0.25, -0.2) is 0 Å². The molecule has 3 nitrogen and oxygen atoms in total. The molecule has 1 aliphatic heterocycles. The summed E-state index contributed by atoms with van der Waals surface area (Å²) in [5, 5.41) is 2.90. The number of hydrogen-bond acceptors (Lipinski definition) is 2. The third-order valence-electron chi connectivity index (χ3n) is 2.76. The summed E-state index contributed by atoms with van der Waals surface area (Å²) >= 11 is 0. The number of amides is 1. The molecule has 0 aromatic rings. The molecule has 1 amide bonds. The minimum absolute atomic E-state index is 0.0360. The molecule has 0 aromatic carbocycles. The molecule has 1 fully saturated rings. The highest BCUT2D eigenvalue weighted by molar-refractivity contribution is 5.94. The van der Waals surface area contributed by atoms with E-state index >= 15 is 0 Å². The minimum Gasteiger partial charge on any atom is -0.365 e. The van der Waals surface area contributed by atoms with Crippen molar-refractivity contribution in [2.45, 2.75) is 47.1 Å². The highest BCUT2D eigenvalue weighted by Gasteiger charge is 2.25. The molecular formula is C14H26N2O. The lowest BCUT2D eigenvalue weighted by Crippen LogP contribution is -2.49. The molecule has 0 bridgehead atoms. The Morgan fingerprint density at radius 3 is 2.65 bits per heavy atom. The second-order valence-electron chi connectivity index (χ2n) is 4.01. The van der Waals surface area contributed by atoms with Gasteiger partial charge in [-0.1, -0.05) is 32.9 Å². The van der Waals surface area contributed by atoms with Crippen LogP contribution in [0.1, 0.15) is 41.0 Å². The van der Waals surface area contributed by atoms with Crippen LogP contribution in [0.5, 0.6) is 0 Å². The Kier molecular flexibility index (Phi) is 7.35. The van der Waals surface area contributed by atoms with Crippen LogP contribution in [0.15, 0.2) is 23.4 Å². The molecular weight excluding hydrogens is 212 g/mol. The van der Waals surface area contributed by atoms with E-state index in [1.54, 1.807) is 0 Å². The standard InChI is InChI=1S/C12H20N2O.C2H6/c1-5-6-7-9(2)11-12(15)13-8-10(3)14(11)4;1-2/h6-7,10H,5,8H2,1-4H3,(H,13,15);1-2H3/b7-6-,11-9-;. The van der Waals surface area contributed by atoms with E-state index in [9.17, 15) is 4.79 Å². The number of hydrogen-bond donors (Lipinski definition) is 1. The van der Waals surface area contributed by atoms with Crippen LogP contribution in [-0.2, 0) is 4.79 Å². The molecule has 0 spiro atoms. The number of carbonyl (C=O) groups is 1. The van der Waals surface area contributed by atoms with Crippen molar-refractivity contribution in [1.29, 1.82) is 0 Å². The molecule has 1 N–H and O–H groups in total. The molecule has 1 unspecified atom stereocenters. The summed E-state index contributed by atoms with van der Waals surface area (Å²) in [6.45, 7) is 10.9. The SMILES string of the molecule is CC.CC/C=C\C(C)=C1\C(=O)NCC(C)N1C. The van der Waals surface area contributed by atoms with E-state index in [0.717, 1.165) is 24.2 Å². The molecule has 98 valence electrons. The van der Waals surface area contributed by atoms with Crippen molar-refractivity contribution in [2.24, 2.45) is 0 Å². The number of allylic oxidation sites excluding steroid dienone is 3. The highest BCUT2D eigenvalue weighted by Crippen LogP contribution is 2.16. The van der Waals surface area contributed by atoms with Gasteiger partial charge in [-0.15, -0.1) is 0 Å². The quantitative estimate of drug-likeness (QED) is 0.750. The topological polar surface area (TPSA) is 32.3 Å². The van der Waals surface area contributed by atoms with Gasteiger partial charge in [0.15, 0.2) is 0 Å². The van der Waals surface area contributed by atoms with Gasteiger partial charge in [-0.2, -0.15) is 0 Å². The molecule has 1 heterocycles. The first-order chi connectivity index (χ1) is 8.07. The van der Waals surface area contributed by atoms with E-state index in [-0.39, 0.29) is 5.91 Å². The first-order valence-corrected chi connectivity index (χ1v) is 6.46. The molecule has 0 saturated carbocycles. The normalized spacial score (nSPS) is 23.1. The van der Waals surface area contributed by atoms with Crippen molar-refractivity contribution < 1.29 is 4.79 Å². The van der Waals surface area contributed by atoms with Crippen molar-refractivity contribution in [3.63, 3.8) is 0 Å². The number of nitrogens with one attached hydrogen (secondary N) is 1. The average Bonchev–Trinajstić information content (AvgIpc) is 2.34. The van der Waals surface area contributed by atoms with Crippen LogP contribution < -0.4 is 5.32 Å². The average molecular weight is 238 g/mol. The van der Waals surface area contributed by atoms with Crippen LogP contribution in [0.4, 0.5) is 0 Å². The van der Waals surface area contributed by atoms with E-state index in [2.05, 4.69) is 25.2 Å². The van der Waals surface area contributed by atoms with Crippen molar-refractivity contribution in [2.75, 3.05) is 13.6 Å². The number of rotatable bonds is 2. The third kappa shape index (κ3) is 4.25. The zero-order chi connectivity index (χ0) is 13.4. The van der Waals surface area contributed by atoms with Gasteiger partial charge in [0.25, 0.3) is 5.91 Å². The molecule has 3 heteroatoms. The monoisotopic (exact) mass is 238 g/mol. The molecule has 1 saturated heterocycles. The maximum Gasteiger partial charge on any atom is 0.267 e. The predicted octanol–water partition coefficient (Wildman–Crippen LogP) is 2.70. The highest BCUT2D eigenvalue weighted by atomic mass is 16.2. The molecule has 17 heavy (non-hydrogen) atoms. The van der Waals surface area contributed by atoms with Crippen LogP contribution in [0, 0.1) is 0 Å². The fourth-order valence-electron chi connectivity index (χ4n) is 1.67. The smallest absolute Gasteiger partial charge is 0.267 e. The summed E-state index contributed by atoms with van der Waals surface area (Å²) in [6, 6.07) is 0.364. The molecule has 0 aromatic heterocycles. The van der Waals surface area contributed by atoms with Crippen LogP contribution >= 0.6 is 0 Å². The fraction of sp³-hybridized carbons (Fsp3) is 0.643. The van der Waals surface area contributed by atoms with Gasteiger partial charge in [-0.05, 0) is 25.8 Å². The van der Waals surface area contributed by atoms with Crippen molar-refractivity contribution in [3.05, 3.63) is 23.4 Å². The minimum atomic E-state index is 0.0360. The van der Waals surface area contributed by atoms with E-state index in [1.807, 2.05) is 38.8 Å². The zero-order valence-corrected chi connectivity index (χ0v) is 12.0. The summed E-state index contributed by atoms with van der Waals surface area (Å²) < 4.78 is 0. The Morgan fingerprint density at radius 2 is 2.12 bits per heavy atom. The molecule has 1 rings (SSSR count). The summed E-state index contributed by atoms with van der Waals surface area (Å²) in [5.74, 6) is 0.0360. The van der Waals surface area contributed by atoms with Crippen LogP contribution in [0.25, 0.3) is 0 Å². The van der Waals surface area contributed by atoms with Gasteiger partial charge in [-0.3, -0.25) is 4.79 Å². The lowest BCUT2D eigenvalue weighted by atomic mass is 10.1. The van der Waals surface area contributed by atoms with Gasteiger partial charge >= 0.3 is 0 Å². The largest absolute Gasteiger partial charge is 0.365 e. The number of likely N-dealkylation sites (N-methyl/N-ethyl adjacent to an activating group) is 1. The fourth-order valence-corrected chi connectivity index (χ4v) is 1.67. The van der Waals surface area contributed by atoms with Gasteiger partial charge in [0.1, 0.15) is 5.70 Å².